The monoisotopic (exact) mass is 213 g/mol. The van der Waals surface area contributed by atoms with Crippen LogP contribution < -0.4 is 5.32 Å². The third-order valence-corrected chi connectivity index (χ3v) is 2.76. The maximum Gasteiger partial charge on any atom is 0.144 e. The minimum atomic E-state index is 0.409. The van der Waals surface area contributed by atoms with Gasteiger partial charge in [0.05, 0.1) is 5.56 Å². The molecule has 0 saturated carbocycles. The molecule has 1 aromatic rings. The standard InChI is InChI=1S/C13H15N3/c1-10-7-8-11(9-14)13(15-10)16-12-5-3-2-4-6-12/h2-3,7-8,12H,4-6H2,1H3,(H,15,16). The van der Waals surface area contributed by atoms with E-state index in [1.165, 1.54) is 0 Å². The number of hydrogen-bond donors (Lipinski definition) is 1. The van der Waals surface area contributed by atoms with Crippen molar-refractivity contribution in [3.8, 4) is 6.07 Å². The SMILES string of the molecule is Cc1ccc(C#N)c(NC2CC=CCC2)n1. The molecule has 16 heavy (non-hydrogen) atoms. The summed E-state index contributed by atoms with van der Waals surface area (Å²) in [7, 11) is 0. The average Bonchev–Trinajstić information content (AvgIpc) is 2.31. The quantitative estimate of drug-likeness (QED) is 0.768. The first kappa shape index (κ1) is 10.7. The highest BCUT2D eigenvalue weighted by atomic mass is 15.0. The van der Waals surface area contributed by atoms with E-state index in [-0.39, 0.29) is 0 Å². The summed E-state index contributed by atoms with van der Waals surface area (Å²) in [4.78, 5) is 4.38. The molecule has 0 spiro atoms. The first-order valence-corrected chi connectivity index (χ1v) is 5.59. The molecule has 1 N–H and O–H groups in total. The first-order chi connectivity index (χ1) is 7.79. The number of nitrogens with zero attached hydrogens (tertiary/aromatic N) is 2. The van der Waals surface area contributed by atoms with Gasteiger partial charge >= 0.3 is 0 Å². The summed E-state index contributed by atoms with van der Waals surface area (Å²) in [5.41, 5.74) is 1.56. The van der Waals surface area contributed by atoms with Crippen LogP contribution in [0.1, 0.15) is 30.5 Å². The minimum Gasteiger partial charge on any atom is -0.366 e. The molecule has 82 valence electrons. The van der Waals surface area contributed by atoms with Crippen molar-refractivity contribution < 1.29 is 0 Å². The first-order valence-electron chi connectivity index (χ1n) is 5.59. The van der Waals surface area contributed by atoms with E-state index in [1.807, 2.05) is 19.1 Å². The molecule has 0 fully saturated rings. The molecule has 1 aliphatic rings. The Hall–Kier alpha value is -1.82. The summed E-state index contributed by atoms with van der Waals surface area (Å²) < 4.78 is 0. The zero-order chi connectivity index (χ0) is 11.4. The lowest BCUT2D eigenvalue weighted by molar-refractivity contribution is 0.641. The van der Waals surface area contributed by atoms with Gasteiger partial charge in [-0.2, -0.15) is 5.26 Å². The number of rotatable bonds is 2. The van der Waals surface area contributed by atoms with Crippen molar-refractivity contribution in [2.45, 2.75) is 32.2 Å². The normalized spacial score (nSPS) is 19.1. The molecule has 0 saturated heterocycles. The Morgan fingerprint density at radius 2 is 2.31 bits per heavy atom. The Bertz CT molecular complexity index is 443. The van der Waals surface area contributed by atoms with Gasteiger partial charge in [0, 0.05) is 11.7 Å². The van der Waals surface area contributed by atoms with Crippen LogP contribution in [0.4, 0.5) is 5.82 Å². The number of allylic oxidation sites excluding steroid dienone is 1. The lowest BCUT2D eigenvalue weighted by atomic mass is 10.0. The molecule has 1 atom stereocenters. The van der Waals surface area contributed by atoms with Gasteiger partial charge < -0.3 is 5.32 Å². The van der Waals surface area contributed by atoms with Crippen molar-refractivity contribution >= 4 is 5.82 Å². The van der Waals surface area contributed by atoms with Gasteiger partial charge in [-0.15, -0.1) is 0 Å². The van der Waals surface area contributed by atoms with Crippen LogP contribution in [0.25, 0.3) is 0 Å². The van der Waals surface area contributed by atoms with Gasteiger partial charge in [0.15, 0.2) is 0 Å². The number of nitrogens with one attached hydrogen (secondary N) is 1. The Labute approximate surface area is 95.8 Å². The van der Waals surface area contributed by atoms with Gasteiger partial charge in [0.1, 0.15) is 11.9 Å². The van der Waals surface area contributed by atoms with Crippen LogP contribution in [-0.2, 0) is 0 Å². The van der Waals surface area contributed by atoms with Crippen molar-refractivity contribution in [3.63, 3.8) is 0 Å². The molecule has 1 heterocycles. The fraction of sp³-hybridized carbons (Fsp3) is 0.385. The maximum atomic E-state index is 8.99. The largest absolute Gasteiger partial charge is 0.366 e. The summed E-state index contributed by atoms with van der Waals surface area (Å²) >= 11 is 0. The highest BCUT2D eigenvalue weighted by molar-refractivity contribution is 5.52. The zero-order valence-electron chi connectivity index (χ0n) is 9.40. The summed E-state index contributed by atoms with van der Waals surface area (Å²) in [5, 5.41) is 12.4. The van der Waals surface area contributed by atoms with E-state index >= 15 is 0 Å². The number of aryl methyl sites for hydroxylation is 1. The van der Waals surface area contributed by atoms with Gasteiger partial charge in [-0.3, -0.25) is 0 Å². The molecular formula is C13H15N3. The highest BCUT2D eigenvalue weighted by Crippen LogP contribution is 2.19. The molecule has 0 aliphatic heterocycles. The summed E-state index contributed by atoms with van der Waals surface area (Å²) in [6, 6.07) is 6.27. The van der Waals surface area contributed by atoms with Crippen LogP contribution in [0.15, 0.2) is 24.3 Å². The lowest BCUT2D eigenvalue weighted by Crippen LogP contribution is -2.21. The number of hydrogen-bond acceptors (Lipinski definition) is 3. The molecular weight excluding hydrogens is 198 g/mol. The van der Waals surface area contributed by atoms with E-state index in [0.717, 1.165) is 30.8 Å². The van der Waals surface area contributed by atoms with Crippen molar-refractivity contribution in [1.29, 1.82) is 5.26 Å². The van der Waals surface area contributed by atoms with Gasteiger partial charge in [-0.05, 0) is 38.3 Å². The predicted octanol–water partition coefficient (Wildman–Crippen LogP) is 2.78. The number of pyridine rings is 1. The fourth-order valence-electron chi connectivity index (χ4n) is 1.88. The molecule has 0 bridgehead atoms. The van der Waals surface area contributed by atoms with Crippen molar-refractivity contribution in [1.82, 2.24) is 4.98 Å². The number of anilines is 1. The number of aromatic nitrogens is 1. The second kappa shape index (κ2) is 4.80. The summed E-state index contributed by atoms with van der Waals surface area (Å²) in [6.07, 6.45) is 7.61. The van der Waals surface area contributed by atoms with Gasteiger partial charge in [-0.25, -0.2) is 4.98 Å². The van der Waals surface area contributed by atoms with Crippen molar-refractivity contribution in [2.75, 3.05) is 5.32 Å². The van der Waals surface area contributed by atoms with E-state index in [9.17, 15) is 0 Å². The van der Waals surface area contributed by atoms with Crippen LogP contribution in [0.5, 0.6) is 0 Å². The van der Waals surface area contributed by atoms with Gasteiger partial charge in [0.25, 0.3) is 0 Å². The van der Waals surface area contributed by atoms with Crippen LogP contribution >= 0.6 is 0 Å². The molecule has 0 radical (unpaired) electrons. The zero-order valence-corrected chi connectivity index (χ0v) is 9.40. The summed E-state index contributed by atoms with van der Waals surface area (Å²) in [5.74, 6) is 0.725. The molecule has 1 aliphatic carbocycles. The molecule has 2 rings (SSSR count). The Morgan fingerprint density at radius 1 is 1.44 bits per heavy atom. The molecule has 3 nitrogen and oxygen atoms in total. The second-order valence-corrected chi connectivity index (χ2v) is 4.09. The fourth-order valence-corrected chi connectivity index (χ4v) is 1.88. The Morgan fingerprint density at radius 3 is 3.00 bits per heavy atom. The Kier molecular flexibility index (Phi) is 3.21. The molecule has 0 aromatic carbocycles. The average molecular weight is 213 g/mol. The van der Waals surface area contributed by atoms with Gasteiger partial charge in [0.2, 0.25) is 0 Å². The van der Waals surface area contributed by atoms with Crippen molar-refractivity contribution in [2.24, 2.45) is 0 Å². The van der Waals surface area contributed by atoms with E-state index in [4.69, 9.17) is 5.26 Å². The predicted molar refractivity (Wildman–Crippen MR) is 64.1 cm³/mol. The maximum absolute atomic E-state index is 8.99. The van der Waals surface area contributed by atoms with E-state index in [1.54, 1.807) is 0 Å². The van der Waals surface area contributed by atoms with E-state index in [2.05, 4.69) is 28.5 Å². The smallest absolute Gasteiger partial charge is 0.144 e. The topological polar surface area (TPSA) is 48.7 Å². The second-order valence-electron chi connectivity index (χ2n) is 4.09. The molecule has 3 heteroatoms. The molecule has 1 aromatic heterocycles. The third-order valence-electron chi connectivity index (χ3n) is 2.76. The van der Waals surface area contributed by atoms with Crippen molar-refractivity contribution in [3.05, 3.63) is 35.5 Å². The van der Waals surface area contributed by atoms with Gasteiger partial charge in [-0.1, -0.05) is 12.2 Å². The lowest BCUT2D eigenvalue weighted by Gasteiger charge is -2.20. The molecule has 1 unspecified atom stereocenters. The minimum absolute atomic E-state index is 0.409. The van der Waals surface area contributed by atoms with Crippen LogP contribution in [0, 0.1) is 18.3 Å². The Balaban J connectivity index is 2.16. The van der Waals surface area contributed by atoms with Crippen LogP contribution in [0.2, 0.25) is 0 Å². The number of nitriles is 1. The van der Waals surface area contributed by atoms with E-state index < -0.39 is 0 Å². The van der Waals surface area contributed by atoms with Crippen LogP contribution in [0.3, 0.4) is 0 Å². The van der Waals surface area contributed by atoms with E-state index in [0.29, 0.717) is 11.6 Å². The highest BCUT2D eigenvalue weighted by Gasteiger charge is 2.12. The third kappa shape index (κ3) is 2.40. The molecule has 0 amide bonds. The summed E-state index contributed by atoms with van der Waals surface area (Å²) in [6.45, 7) is 1.94. The van der Waals surface area contributed by atoms with Crippen LogP contribution in [-0.4, -0.2) is 11.0 Å².